The van der Waals surface area contributed by atoms with E-state index in [9.17, 15) is 5.11 Å². The van der Waals surface area contributed by atoms with Crippen LogP contribution in [0.2, 0.25) is 0 Å². The largest absolute Gasteiger partial charge is 0.392 e. The third kappa shape index (κ3) is 2.10. The van der Waals surface area contributed by atoms with Crippen molar-refractivity contribution in [3.63, 3.8) is 0 Å². The number of hydrogen-bond acceptors (Lipinski definition) is 4. The van der Waals surface area contributed by atoms with E-state index in [0.29, 0.717) is 0 Å². The SMILES string of the molecule is OCc1cccnc1Sc1nc2ccccc2[nH]1. The number of imidazole rings is 1. The van der Waals surface area contributed by atoms with Crippen LogP contribution in [0.15, 0.2) is 52.8 Å². The molecule has 0 saturated carbocycles. The van der Waals surface area contributed by atoms with Crippen molar-refractivity contribution in [3.8, 4) is 0 Å². The molecule has 1 aromatic carbocycles. The minimum Gasteiger partial charge on any atom is -0.392 e. The second-order valence-corrected chi connectivity index (χ2v) is 4.76. The van der Waals surface area contributed by atoms with Gasteiger partial charge in [0.25, 0.3) is 0 Å². The average molecular weight is 257 g/mol. The maximum absolute atomic E-state index is 9.25. The van der Waals surface area contributed by atoms with Crippen molar-refractivity contribution >= 4 is 22.8 Å². The Hall–Kier alpha value is -1.85. The Morgan fingerprint density at radius 2 is 2.06 bits per heavy atom. The number of aromatic amines is 1. The number of aromatic nitrogens is 3. The van der Waals surface area contributed by atoms with Crippen molar-refractivity contribution in [1.29, 1.82) is 0 Å². The van der Waals surface area contributed by atoms with Crippen LogP contribution in [-0.2, 0) is 6.61 Å². The van der Waals surface area contributed by atoms with Gasteiger partial charge in [-0.1, -0.05) is 18.2 Å². The van der Waals surface area contributed by atoms with E-state index in [2.05, 4.69) is 15.0 Å². The van der Waals surface area contributed by atoms with Crippen molar-refractivity contribution in [2.24, 2.45) is 0 Å². The number of benzene rings is 1. The van der Waals surface area contributed by atoms with E-state index < -0.39 is 0 Å². The summed E-state index contributed by atoms with van der Waals surface area (Å²) in [4.78, 5) is 12.0. The fraction of sp³-hybridized carbons (Fsp3) is 0.0769. The lowest BCUT2D eigenvalue weighted by atomic mass is 10.3. The Labute approximate surface area is 108 Å². The zero-order valence-corrected chi connectivity index (χ0v) is 10.3. The molecule has 4 nitrogen and oxygen atoms in total. The number of hydrogen-bond donors (Lipinski definition) is 2. The molecule has 0 aliphatic rings. The zero-order chi connectivity index (χ0) is 12.4. The molecule has 0 aliphatic heterocycles. The molecule has 5 heteroatoms. The summed E-state index contributed by atoms with van der Waals surface area (Å²) in [5, 5.41) is 10.8. The van der Waals surface area contributed by atoms with Crippen LogP contribution >= 0.6 is 11.8 Å². The first kappa shape index (κ1) is 11.3. The van der Waals surface area contributed by atoms with Crippen LogP contribution < -0.4 is 0 Å². The van der Waals surface area contributed by atoms with Crippen molar-refractivity contribution in [3.05, 3.63) is 48.2 Å². The molecule has 0 fully saturated rings. The molecule has 3 rings (SSSR count). The summed E-state index contributed by atoms with van der Waals surface area (Å²) in [6.07, 6.45) is 1.71. The number of aliphatic hydroxyl groups excluding tert-OH is 1. The van der Waals surface area contributed by atoms with Crippen LogP contribution in [-0.4, -0.2) is 20.1 Å². The van der Waals surface area contributed by atoms with Gasteiger partial charge in [0.2, 0.25) is 0 Å². The van der Waals surface area contributed by atoms with Crippen LogP contribution in [0.1, 0.15) is 5.56 Å². The number of pyridine rings is 1. The molecule has 0 spiro atoms. The molecular weight excluding hydrogens is 246 g/mol. The molecule has 3 aromatic rings. The van der Waals surface area contributed by atoms with E-state index in [0.717, 1.165) is 26.8 Å². The number of nitrogens with one attached hydrogen (secondary N) is 1. The standard InChI is InChI=1S/C13H11N3OS/c17-8-9-4-3-7-14-12(9)18-13-15-10-5-1-2-6-11(10)16-13/h1-7,17H,8H2,(H,15,16). The third-order valence-corrected chi connectivity index (χ3v) is 3.53. The highest BCUT2D eigenvalue weighted by Crippen LogP contribution is 2.27. The Morgan fingerprint density at radius 1 is 1.17 bits per heavy atom. The summed E-state index contributed by atoms with van der Waals surface area (Å²) in [5.74, 6) is 0. The highest BCUT2D eigenvalue weighted by molar-refractivity contribution is 7.99. The normalized spacial score (nSPS) is 10.9. The molecule has 0 radical (unpaired) electrons. The second-order valence-electron chi connectivity index (χ2n) is 3.79. The van der Waals surface area contributed by atoms with Crippen LogP contribution in [0.25, 0.3) is 11.0 Å². The van der Waals surface area contributed by atoms with Gasteiger partial charge >= 0.3 is 0 Å². The third-order valence-electron chi connectivity index (χ3n) is 2.58. The Bertz CT molecular complexity index is 648. The molecule has 2 aromatic heterocycles. The zero-order valence-electron chi connectivity index (χ0n) is 9.50. The predicted molar refractivity (Wildman–Crippen MR) is 70.4 cm³/mol. The first-order valence-corrected chi connectivity index (χ1v) is 6.36. The van der Waals surface area contributed by atoms with Gasteiger partial charge in [0, 0.05) is 11.8 Å². The van der Waals surface area contributed by atoms with Crippen molar-refractivity contribution in [1.82, 2.24) is 15.0 Å². The Kier molecular flexibility index (Phi) is 3.00. The van der Waals surface area contributed by atoms with E-state index >= 15 is 0 Å². The quantitative estimate of drug-likeness (QED) is 0.757. The average Bonchev–Trinajstić information content (AvgIpc) is 2.81. The maximum Gasteiger partial charge on any atom is 0.172 e. The summed E-state index contributed by atoms with van der Waals surface area (Å²) >= 11 is 1.43. The lowest BCUT2D eigenvalue weighted by Gasteiger charge is -2.02. The molecule has 0 amide bonds. The van der Waals surface area contributed by atoms with E-state index in [4.69, 9.17) is 0 Å². The fourth-order valence-electron chi connectivity index (χ4n) is 1.71. The van der Waals surface area contributed by atoms with Gasteiger partial charge in [-0.05, 0) is 30.0 Å². The van der Waals surface area contributed by atoms with Crippen LogP contribution in [0.4, 0.5) is 0 Å². The molecule has 2 heterocycles. The fourth-order valence-corrected chi connectivity index (χ4v) is 2.57. The molecule has 0 bridgehead atoms. The minimum absolute atomic E-state index is 0.0175. The number of aliphatic hydroxyl groups is 1. The predicted octanol–water partition coefficient (Wildman–Crippen LogP) is 2.60. The van der Waals surface area contributed by atoms with Gasteiger partial charge in [0.15, 0.2) is 5.16 Å². The molecule has 0 atom stereocenters. The van der Waals surface area contributed by atoms with Crippen LogP contribution in [0, 0.1) is 0 Å². The molecule has 2 N–H and O–H groups in total. The number of nitrogens with zero attached hydrogens (tertiary/aromatic N) is 2. The van der Waals surface area contributed by atoms with Gasteiger partial charge in [-0.15, -0.1) is 0 Å². The van der Waals surface area contributed by atoms with Crippen molar-refractivity contribution in [2.75, 3.05) is 0 Å². The Balaban J connectivity index is 1.96. The smallest absolute Gasteiger partial charge is 0.172 e. The molecule has 0 aliphatic carbocycles. The highest BCUT2D eigenvalue weighted by atomic mass is 32.2. The lowest BCUT2D eigenvalue weighted by Crippen LogP contribution is -1.90. The number of H-pyrrole nitrogens is 1. The Morgan fingerprint density at radius 3 is 2.89 bits per heavy atom. The number of rotatable bonds is 3. The number of fused-ring (bicyclic) bond motifs is 1. The monoisotopic (exact) mass is 257 g/mol. The molecule has 0 unspecified atom stereocenters. The van der Waals surface area contributed by atoms with E-state index in [1.54, 1.807) is 6.20 Å². The van der Waals surface area contributed by atoms with Gasteiger partial charge in [0.05, 0.1) is 17.6 Å². The first-order valence-electron chi connectivity index (χ1n) is 5.54. The molecule has 90 valence electrons. The second kappa shape index (κ2) is 4.80. The van der Waals surface area contributed by atoms with Crippen LogP contribution in [0.5, 0.6) is 0 Å². The first-order chi connectivity index (χ1) is 8.86. The summed E-state index contributed by atoms with van der Waals surface area (Å²) in [5.41, 5.74) is 2.74. The van der Waals surface area contributed by atoms with Gasteiger partial charge in [-0.2, -0.15) is 0 Å². The summed E-state index contributed by atoms with van der Waals surface area (Å²) in [7, 11) is 0. The summed E-state index contributed by atoms with van der Waals surface area (Å²) in [6, 6.07) is 11.5. The van der Waals surface area contributed by atoms with Gasteiger partial charge in [0.1, 0.15) is 5.03 Å². The van der Waals surface area contributed by atoms with Gasteiger partial charge < -0.3 is 10.1 Å². The lowest BCUT2D eigenvalue weighted by molar-refractivity contribution is 0.278. The van der Waals surface area contributed by atoms with E-state index in [1.807, 2.05) is 36.4 Å². The van der Waals surface area contributed by atoms with E-state index in [1.165, 1.54) is 11.8 Å². The summed E-state index contributed by atoms with van der Waals surface area (Å²) < 4.78 is 0. The minimum atomic E-state index is -0.0175. The highest BCUT2D eigenvalue weighted by Gasteiger charge is 2.08. The van der Waals surface area contributed by atoms with Crippen LogP contribution in [0.3, 0.4) is 0 Å². The van der Waals surface area contributed by atoms with Gasteiger partial charge in [-0.3, -0.25) is 0 Å². The van der Waals surface area contributed by atoms with Crippen molar-refractivity contribution < 1.29 is 5.11 Å². The molecule has 0 saturated heterocycles. The number of para-hydroxylation sites is 2. The summed E-state index contributed by atoms with van der Waals surface area (Å²) in [6.45, 7) is -0.0175. The van der Waals surface area contributed by atoms with Gasteiger partial charge in [-0.25, -0.2) is 9.97 Å². The van der Waals surface area contributed by atoms with Crippen molar-refractivity contribution in [2.45, 2.75) is 16.8 Å². The topological polar surface area (TPSA) is 61.8 Å². The molecule has 18 heavy (non-hydrogen) atoms. The molecular formula is C13H11N3OS. The maximum atomic E-state index is 9.25. The van der Waals surface area contributed by atoms with E-state index in [-0.39, 0.29) is 6.61 Å².